The molecule has 8 heteroatoms. The highest BCUT2D eigenvalue weighted by molar-refractivity contribution is 7.88. The van der Waals surface area contributed by atoms with Gasteiger partial charge in [-0.1, -0.05) is 0 Å². The normalized spacial score (nSPS) is 18.6. The third-order valence-electron chi connectivity index (χ3n) is 3.19. The van der Waals surface area contributed by atoms with Gasteiger partial charge in [0.05, 0.1) is 11.9 Å². The van der Waals surface area contributed by atoms with Crippen molar-refractivity contribution in [2.75, 3.05) is 12.8 Å². The Morgan fingerprint density at radius 3 is 3.00 bits per heavy atom. The van der Waals surface area contributed by atoms with E-state index < -0.39 is 10.0 Å². The van der Waals surface area contributed by atoms with Gasteiger partial charge in [0.2, 0.25) is 15.9 Å². The van der Waals surface area contributed by atoms with Crippen molar-refractivity contribution in [1.29, 1.82) is 0 Å². The first-order valence-corrected chi connectivity index (χ1v) is 8.49. The van der Waals surface area contributed by atoms with Crippen LogP contribution in [0.1, 0.15) is 24.4 Å². The summed E-state index contributed by atoms with van der Waals surface area (Å²) in [5.41, 5.74) is 0.990. The molecule has 0 unspecified atom stereocenters. The van der Waals surface area contributed by atoms with Gasteiger partial charge in [0.1, 0.15) is 5.82 Å². The Labute approximate surface area is 118 Å². The van der Waals surface area contributed by atoms with E-state index in [4.69, 9.17) is 0 Å². The number of nitrogens with zero attached hydrogens (tertiary/aromatic N) is 2. The molecule has 112 valence electrons. The molecule has 7 nitrogen and oxygen atoms in total. The second kappa shape index (κ2) is 5.92. The van der Waals surface area contributed by atoms with E-state index >= 15 is 0 Å². The molecule has 2 heterocycles. The molecule has 0 spiro atoms. The molecule has 2 rings (SSSR count). The molecule has 20 heavy (non-hydrogen) atoms. The van der Waals surface area contributed by atoms with Crippen LogP contribution in [0.5, 0.6) is 0 Å². The van der Waals surface area contributed by atoms with Crippen LogP contribution >= 0.6 is 0 Å². The van der Waals surface area contributed by atoms with Crippen molar-refractivity contribution in [3.63, 3.8) is 0 Å². The minimum Gasteiger partial charge on any atom is -0.352 e. The summed E-state index contributed by atoms with van der Waals surface area (Å²) >= 11 is 0. The molecule has 1 amide bonds. The van der Waals surface area contributed by atoms with Gasteiger partial charge >= 0.3 is 0 Å². The van der Waals surface area contributed by atoms with Crippen LogP contribution in [0.4, 0.5) is 0 Å². The number of hydrogen-bond acceptors (Lipinski definition) is 4. The van der Waals surface area contributed by atoms with Crippen molar-refractivity contribution in [1.82, 2.24) is 19.6 Å². The van der Waals surface area contributed by atoms with Crippen molar-refractivity contribution in [2.45, 2.75) is 38.8 Å². The Kier molecular flexibility index (Phi) is 4.44. The SMILES string of the molecule is Cc1cn2c(n1)CC[C@@H](NC(=O)CCNS(C)(=O)=O)C2. The molecule has 1 aromatic heterocycles. The average Bonchev–Trinajstić information content (AvgIpc) is 2.66. The highest BCUT2D eigenvalue weighted by Crippen LogP contribution is 2.14. The Morgan fingerprint density at radius 1 is 1.55 bits per heavy atom. The fourth-order valence-electron chi connectivity index (χ4n) is 2.35. The number of imidazole rings is 1. The lowest BCUT2D eigenvalue weighted by Crippen LogP contribution is -2.41. The zero-order valence-corrected chi connectivity index (χ0v) is 12.5. The molecule has 0 saturated heterocycles. The van der Waals surface area contributed by atoms with Gasteiger partial charge in [-0.3, -0.25) is 4.79 Å². The summed E-state index contributed by atoms with van der Waals surface area (Å²) < 4.78 is 26.2. The zero-order chi connectivity index (χ0) is 14.8. The predicted molar refractivity (Wildman–Crippen MR) is 74.7 cm³/mol. The van der Waals surface area contributed by atoms with Crippen molar-refractivity contribution < 1.29 is 13.2 Å². The van der Waals surface area contributed by atoms with Gasteiger partial charge in [-0.15, -0.1) is 0 Å². The van der Waals surface area contributed by atoms with Crippen LogP contribution in [-0.4, -0.2) is 42.7 Å². The Bertz CT molecular complexity index is 594. The second-order valence-electron chi connectivity index (χ2n) is 5.17. The van der Waals surface area contributed by atoms with Crippen LogP contribution in [0.25, 0.3) is 0 Å². The van der Waals surface area contributed by atoms with E-state index in [1.54, 1.807) is 0 Å². The van der Waals surface area contributed by atoms with Gasteiger partial charge in [0.15, 0.2) is 0 Å². The van der Waals surface area contributed by atoms with Gasteiger partial charge in [0.25, 0.3) is 0 Å². The molecule has 1 aliphatic rings. The molecule has 1 aliphatic heterocycles. The molecule has 0 aliphatic carbocycles. The molecule has 0 saturated carbocycles. The second-order valence-corrected chi connectivity index (χ2v) is 7.00. The number of aryl methyl sites for hydroxylation is 2. The Morgan fingerprint density at radius 2 is 2.30 bits per heavy atom. The number of sulfonamides is 1. The summed E-state index contributed by atoms with van der Waals surface area (Å²) in [6.07, 6.45) is 4.93. The van der Waals surface area contributed by atoms with Crippen LogP contribution < -0.4 is 10.0 Å². The lowest BCUT2D eigenvalue weighted by atomic mass is 10.1. The summed E-state index contributed by atoms with van der Waals surface area (Å²) in [5.74, 6) is 0.929. The number of nitrogens with one attached hydrogen (secondary N) is 2. The van der Waals surface area contributed by atoms with E-state index in [1.165, 1.54) is 0 Å². The quantitative estimate of drug-likeness (QED) is 0.771. The molecule has 2 N–H and O–H groups in total. The van der Waals surface area contributed by atoms with E-state index in [1.807, 2.05) is 13.1 Å². The lowest BCUT2D eigenvalue weighted by molar-refractivity contribution is -0.121. The monoisotopic (exact) mass is 300 g/mol. The van der Waals surface area contributed by atoms with Crippen LogP contribution in [-0.2, 0) is 27.8 Å². The van der Waals surface area contributed by atoms with Gasteiger partial charge in [-0.2, -0.15) is 0 Å². The lowest BCUT2D eigenvalue weighted by Gasteiger charge is -2.24. The fraction of sp³-hybridized carbons (Fsp3) is 0.667. The van der Waals surface area contributed by atoms with Gasteiger partial charge in [0, 0.05) is 38.2 Å². The average molecular weight is 300 g/mol. The topological polar surface area (TPSA) is 93.1 Å². The molecular weight excluding hydrogens is 280 g/mol. The smallest absolute Gasteiger partial charge is 0.221 e. The maximum Gasteiger partial charge on any atom is 0.221 e. The summed E-state index contributed by atoms with van der Waals surface area (Å²) in [7, 11) is -3.23. The largest absolute Gasteiger partial charge is 0.352 e. The summed E-state index contributed by atoms with van der Waals surface area (Å²) in [4.78, 5) is 16.2. The van der Waals surface area contributed by atoms with E-state index in [9.17, 15) is 13.2 Å². The van der Waals surface area contributed by atoms with Crippen LogP contribution in [0, 0.1) is 6.92 Å². The van der Waals surface area contributed by atoms with E-state index in [0.29, 0.717) is 0 Å². The van der Waals surface area contributed by atoms with Crippen LogP contribution in [0.2, 0.25) is 0 Å². The van der Waals surface area contributed by atoms with E-state index in [0.717, 1.165) is 37.2 Å². The van der Waals surface area contributed by atoms with Gasteiger partial charge in [-0.25, -0.2) is 18.1 Å². The first kappa shape index (κ1) is 15.0. The van der Waals surface area contributed by atoms with Crippen molar-refractivity contribution >= 4 is 15.9 Å². The molecule has 1 aromatic rings. The van der Waals surface area contributed by atoms with Crippen molar-refractivity contribution in [3.05, 3.63) is 17.7 Å². The first-order valence-electron chi connectivity index (χ1n) is 6.60. The Balaban J connectivity index is 1.79. The van der Waals surface area contributed by atoms with E-state index in [2.05, 4.69) is 19.6 Å². The van der Waals surface area contributed by atoms with Gasteiger partial charge in [-0.05, 0) is 13.3 Å². The molecular formula is C12H20N4O3S. The number of rotatable bonds is 5. The fourth-order valence-corrected chi connectivity index (χ4v) is 2.83. The van der Waals surface area contributed by atoms with Crippen LogP contribution in [0.15, 0.2) is 6.20 Å². The minimum absolute atomic E-state index is 0.0850. The molecule has 0 aromatic carbocycles. The number of aromatic nitrogens is 2. The molecule has 0 radical (unpaired) electrons. The number of fused-ring (bicyclic) bond motifs is 1. The predicted octanol–water partition coefficient (Wildman–Crippen LogP) is -0.438. The highest BCUT2D eigenvalue weighted by Gasteiger charge is 2.21. The minimum atomic E-state index is -3.23. The third-order valence-corrected chi connectivity index (χ3v) is 3.92. The summed E-state index contributed by atoms with van der Waals surface area (Å²) in [6.45, 7) is 2.81. The Hall–Kier alpha value is -1.41. The maximum atomic E-state index is 11.7. The number of carbonyl (C=O) groups excluding carboxylic acids is 1. The standard InChI is InChI=1S/C12H20N4O3S/c1-9-7-16-8-10(3-4-11(16)14-9)15-12(17)5-6-13-20(2,18)19/h7,10,13H,3-6,8H2,1-2H3,(H,15,17)/t10-/m1/s1. The maximum absolute atomic E-state index is 11.7. The molecule has 0 fully saturated rings. The summed E-state index contributed by atoms with van der Waals surface area (Å²) in [5, 5.41) is 2.93. The molecule has 1 atom stereocenters. The third kappa shape index (κ3) is 4.31. The highest BCUT2D eigenvalue weighted by atomic mass is 32.2. The van der Waals surface area contributed by atoms with E-state index in [-0.39, 0.29) is 24.9 Å². The number of hydrogen-bond donors (Lipinski definition) is 2. The van der Waals surface area contributed by atoms with Gasteiger partial charge < -0.3 is 9.88 Å². The van der Waals surface area contributed by atoms with Crippen molar-refractivity contribution in [2.24, 2.45) is 0 Å². The summed E-state index contributed by atoms with van der Waals surface area (Å²) in [6, 6.07) is 0.0850. The molecule has 0 bridgehead atoms. The first-order chi connectivity index (χ1) is 9.33. The van der Waals surface area contributed by atoms with Crippen molar-refractivity contribution in [3.8, 4) is 0 Å². The zero-order valence-electron chi connectivity index (χ0n) is 11.7. The van der Waals surface area contributed by atoms with Crippen LogP contribution in [0.3, 0.4) is 0 Å². The number of amides is 1. The number of carbonyl (C=O) groups is 1.